The maximum Gasteiger partial charge on any atom is 0.332 e. The first-order valence-electron chi connectivity index (χ1n) is 3.12. The quantitative estimate of drug-likeness (QED) is 0.636. The lowest BCUT2D eigenvalue weighted by Crippen LogP contribution is -1.95. The van der Waals surface area contributed by atoms with Crippen molar-refractivity contribution in [3.63, 3.8) is 0 Å². The van der Waals surface area contributed by atoms with Crippen LogP contribution in [0.25, 0.3) is 0 Å². The summed E-state index contributed by atoms with van der Waals surface area (Å²) in [4.78, 5) is -0.482. The third-order valence-electron chi connectivity index (χ3n) is 1.40. The zero-order chi connectivity index (χ0) is 9.35. The first kappa shape index (κ1) is 9.12. The van der Waals surface area contributed by atoms with Gasteiger partial charge in [-0.25, -0.2) is 4.39 Å². The molecule has 0 amide bonds. The summed E-state index contributed by atoms with van der Waals surface area (Å²) in [7, 11) is -4.72. The number of hydrogen-bond acceptors (Lipinski definition) is 2. The van der Waals surface area contributed by atoms with Crippen molar-refractivity contribution in [3.05, 3.63) is 29.6 Å². The van der Waals surface area contributed by atoms with E-state index in [0.29, 0.717) is 0 Å². The second-order valence-corrected chi connectivity index (χ2v) is 3.66. The Kier molecular flexibility index (Phi) is 2.14. The smallest absolute Gasteiger partial charge is 0.207 e. The van der Waals surface area contributed by atoms with Gasteiger partial charge in [-0.05, 0) is 30.7 Å². The first-order chi connectivity index (χ1) is 5.41. The van der Waals surface area contributed by atoms with E-state index in [0.717, 1.165) is 18.2 Å². The molecular weight excluding hydrogens is 186 g/mol. The lowest BCUT2D eigenvalue weighted by molar-refractivity contribution is 0.550. The van der Waals surface area contributed by atoms with Crippen LogP contribution in [0.15, 0.2) is 23.1 Å². The van der Waals surface area contributed by atoms with Gasteiger partial charge >= 0.3 is 10.2 Å². The topological polar surface area (TPSA) is 34.1 Å². The van der Waals surface area contributed by atoms with Crippen molar-refractivity contribution < 1.29 is 16.7 Å². The Morgan fingerprint density at radius 3 is 2.33 bits per heavy atom. The molecule has 0 bridgehead atoms. The number of halogens is 2. The fourth-order valence-corrected chi connectivity index (χ4v) is 1.56. The van der Waals surface area contributed by atoms with Crippen molar-refractivity contribution >= 4 is 10.2 Å². The largest absolute Gasteiger partial charge is 0.332 e. The molecule has 0 aliphatic carbocycles. The number of benzene rings is 1. The molecule has 1 aromatic rings. The SMILES string of the molecule is Cc1cc(F)ccc1S(=O)(=O)F. The van der Waals surface area contributed by atoms with Crippen LogP contribution in [0.4, 0.5) is 8.28 Å². The summed E-state index contributed by atoms with van der Waals surface area (Å²) in [5.74, 6) is -0.583. The normalized spacial score (nSPS) is 11.6. The fourth-order valence-electron chi connectivity index (χ4n) is 0.886. The molecule has 0 unspecified atom stereocenters. The van der Waals surface area contributed by atoms with E-state index in [1.807, 2.05) is 0 Å². The highest BCUT2D eigenvalue weighted by molar-refractivity contribution is 7.86. The summed E-state index contributed by atoms with van der Waals surface area (Å²) in [5.41, 5.74) is 0.0671. The Morgan fingerprint density at radius 1 is 1.33 bits per heavy atom. The Balaban J connectivity index is 3.39. The molecule has 12 heavy (non-hydrogen) atoms. The Bertz CT molecular complexity index is 398. The summed E-state index contributed by atoms with van der Waals surface area (Å²) in [6.07, 6.45) is 0. The van der Waals surface area contributed by atoms with Gasteiger partial charge in [-0.2, -0.15) is 8.42 Å². The van der Waals surface area contributed by atoms with E-state index in [4.69, 9.17) is 0 Å². The van der Waals surface area contributed by atoms with E-state index in [1.165, 1.54) is 6.92 Å². The van der Waals surface area contributed by atoms with Crippen LogP contribution in [-0.4, -0.2) is 8.42 Å². The maximum absolute atomic E-state index is 12.4. The monoisotopic (exact) mass is 192 g/mol. The van der Waals surface area contributed by atoms with Gasteiger partial charge < -0.3 is 0 Å². The van der Waals surface area contributed by atoms with E-state index in [1.54, 1.807) is 0 Å². The first-order valence-corrected chi connectivity index (χ1v) is 4.50. The molecule has 2 nitrogen and oxygen atoms in total. The highest BCUT2D eigenvalue weighted by Gasteiger charge is 2.14. The van der Waals surface area contributed by atoms with Crippen LogP contribution in [0.5, 0.6) is 0 Å². The molecule has 0 saturated carbocycles. The predicted octanol–water partition coefficient (Wildman–Crippen LogP) is 1.79. The van der Waals surface area contributed by atoms with Gasteiger partial charge in [0.1, 0.15) is 10.7 Å². The molecule has 66 valence electrons. The summed E-state index contributed by atoms with van der Waals surface area (Å²) in [5, 5.41) is 0. The third kappa shape index (κ3) is 1.79. The average molecular weight is 192 g/mol. The van der Waals surface area contributed by atoms with Crippen molar-refractivity contribution in [1.82, 2.24) is 0 Å². The summed E-state index contributed by atoms with van der Waals surface area (Å²) in [6, 6.07) is 2.77. The van der Waals surface area contributed by atoms with Gasteiger partial charge in [-0.3, -0.25) is 0 Å². The highest BCUT2D eigenvalue weighted by Crippen LogP contribution is 2.17. The Labute approximate surface area is 69.0 Å². The molecule has 0 heterocycles. The summed E-state index contributed by atoms with van der Waals surface area (Å²) < 4.78 is 45.5. The van der Waals surface area contributed by atoms with Crippen molar-refractivity contribution in [2.75, 3.05) is 0 Å². The van der Waals surface area contributed by atoms with Crippen LogP contribution < -0.4 is 0 Å². The van der Waals surface area contributed by atoms with Gasteiger partial charge in [-0.1, -0.05) is 0 Å². The summed E-state index contributed by atoms with van der Waals surface area (Å²) in [6.45, 7) is 1.33. The third-order valence-corrected chi connectivity index (χ3v) is 2.38. The lowest BCUT2D eigenvalue weighted by atomic mass is 10.2. The van der Waals surface area contributed by atoms with Crippen LogP contribution in [-0.2, 0) is 10.2 Å². The fraction of sp³-hybridized carbons (Fsp3) is 0.143. The van der Waals surface area contributed by atoms with E-state index >= 15 is 0 Å². The van der Waals surface area contributed by atoms with Crippen molar-refractivity contribution in [3.8, 4) is 0 Å². The van der Waals surface area contributed by atoms with E-state index in [-0.39, 0.29) is 5.56 Å². The van der Waals surface area contributed by atoms with Gasteiger partial charge in [-0.15, -0.1) is 3.89 Å². The molecule has 0 atom stereocenters. The minimum Gasteiger partial charge on any atom is -0.207 e. The Morgan fingerprint density at radius 2 is 1.92 bits per heavy atom. The molecule has 0 aliphatic heterocycles. The lowest BCUT2D eigenvalue weighted by Gasteiger charge is -1.98. The second-order valence-electron chi connectivity index (χ2n) is 2.35. The molecule has 0 N–H and O–H groups in total. The molecule has 5 heteroatoms. The molecule has 0 spiro atoms. The van der Waals surface area contributed by atoms with Gasteiger partial charge in [0.15, 0.2) is 0 Å². The number of hydrogen-bond donors (Lipinski definition) is 0. The van der Waals surface area contributed by atoms with Gasteiger partial charge in [0, 0.05) is 0 Å². The standard InChI is InChI=1S/C7H6F2O2S/c1-5-4-6(8)2-3-7(5)12(9,10)11/h2-4H,1H3. The van der Waals surface area contributed by atoms with Gasteiger partial charge in [0.2, 0.25) is 0 Å². The molecule has 0 fully saturated rings. The minimum atomic E-state index is -4.72. The average Bonchev–Trinajstić information content (AvgIpc) is 1.83. The molecule has 0 saturated heterocycles. The zero-order valence-corrected chi connectivity index (χ0v) is 7.03. The highest BCUT2D eigenvalue weighted by atomic mass is 32.3. The molecule has 1 aromatic carbocycles. The molecule has 1 rings (SSSR count). The second kappa shape index (κ2) is 2.82. The molecule has 0 radical (unpaired) electrons. The van der Waals surface area contributed by atoms with Crippen LogP contribution in [0.1, 0.15) is 5.56 Å². The van der Waals surface area contributed by atoms with Crippen LogP contribution in [0.2, 0.25) is 0 Å². The van der Waals surface area contributed by atoms with Gasteiger partial charge in [0.25, 0.3) is 0 Å². The van der Waals surface area contributed by atoms with Crippen LogP contribution in [0.3, 0.4) is 0 Å². The van der Waals surface area contributed by atoms with Crippen molar-refractivity contribution in [2.45, 2.75) is 11.8 Å². The van der Waals surface area contributed by atoms with E-state index in [9.17, 15) is 16.7 Å². The van der Waals surface area contributed by atoms with Crippen LogP contribution >= 0.6 is 0 Å². The molecule has 0 aliphatic rings. The predicted molar refractivity (Wildman–Crippen MR) is 39.4 cm³/mol. The maximum atomic E-state index is 12.4. The molecular formula is C7H6F2O2S. The van der Waals surface area contributed by atoms with Gasteiger partial charge in [0.05, 0.1) is 0 Å². The zero-order valence-electron chi connectivity index (χ0n) is 6.21. The Hall–Kier alpha value is -0.970. The van der Waals surface area contributed by atoms with E-state index < -0.39 is 20.9 Å². The number of rotatable bonds is 1. The molecule has 0 aromatic heterocycles. The minimum absolute atomic E-state index is 0.0671. The van der Waals surface area contributed by atoms with Crippen molar-refractivity contribution in [2.24, 2.45) is 0 Å². The summed E-state index contributed by atoms with van der Waals surface area (Å²) >= 11 is 0. The van der Waals surface area contributed by atoms with E-state index in [2.05, 4.69) is 0 Å². The number of aryl methyl sites for hydroxylation is 1. The van der Waals surface area contributed by atoms with Crippen molar-refractivity contribution in [1.29, 1.82) is 0 Å². The van der Waals surface area contributed by atoms with Crippen LogP contribution in [0, 0.1) is 12.7 Å².